The Morgan fingerprint density at radius 3 is 2.69 bits per heavy atom. The molecular weight excluding hydrogens is 182 g/mol. The van der Waals surface area contributed by atoms with E-state index in [1.807, 2.05) is 0 Å². The molecule has 0 aliphatic carbocycles. The molecule has 13 heavy (non-hydrogen) atoms. The van der Waals surface area contributed by atoms with Gasteiger partial charge in [-0.2, -0.15) is 0 Å². The molecule has 1 aromatic heterocycles. The molecule has 0 bridgehead atoms. The predicted molar refractivity (Wildman–Crippen MR) is 59.3 cm³/mol. The standard InChI is InChI=1S/C9H15N3S/c1-5(2)12-4-3-6-8(12)7(10)9(11)13-6/h5H,3-4,10-11H2,1-2H3. The highest BCUT2D eigenvalue weighted by atomic mass is 32.1. The first kappa shape index (κ1) is 8.69. The number of rotatable bonds is 1. The normalized spacial score (nSPS) is 15.5. The SMILES string of the molecule is CC(C)N1CCc2sc(N)c(N)c21. The summed E-state index contributed by atoms with van der Waals surface area (Å²) in [6.07, 6.45) is 1.10. The Hall–Kier alpha value is -0.900. The first-order valence-corrected chi connectivity index (χ1v) is 5.36. The molecule has 2 rings (SSSR count). The van der Waals surface area contributed by atoms with E-state index in [0.717, 1.165) is 23.7 Å². The lowest BCUT2D eigenvalue weighted by molar-refractivity contribution is 0.711. The second kappa shape index (κ2) is 2.80. The molecular formula is C9H15N3S. The van der Waals surface area contributed by atoms with E-state index in [2.05, 4.69) is 18.7 Å². The number of nitrogen functional groups attached to an aromatic ring is 2. The number of nitrogens with zero attached hydrogens (tertiary/aromatic N) is 1. The zero-order valence-corrected chi connectivity index (χ0v) is 8.82. The Kier molecular flexibility index (Phi) is 1.87. The molecule has 1 aliphatic heterocycles. The summed E-state index contributed by atoms with van der Waals surface area (Å²) in [5, 5.41) is 0.773. The van der Waals surface area contributed by atoms with Gasteiger partial charge in [0, 0.05) is 23.9 Å². The van der Waals surface area contributed by atoms with E-state index in [9.17, 15) is 0 Å². The van der Waals surface area contributed by atoms with Gasteiger partial charge in [0.25, 0.3) is 0 Å². The van der Waals surface area contributed by atoms with Gasteiger partial charge in [-0.05, 0) is 13.8 Å². The number of hydrogen-bond donors (Lipinski definition) is 2. The summed E-state index contributed by atoms with van der Waals surface area (Å²) in [7, 11) is 0. The number of nitrogens with two attached hydrogens (primary N) is 2. The Morgan fingerprint density at radius 1 is 1.38 bits per heavy atom. The molecule has 0 saturated heterocycles. The largest absolute Gasteiger partial charge is 0.395 e. The van der Waals surface area contributed by atoms with Gasteiger partial charge in [0.2, 0.25) is 0 Å². The van der Waals surface area contributed by atoms with Crippen molar-refractivity contribution in [1.82, 2.24) is 0 Å². The van der Waals surface area contributed by atoms with E-state index in [0.29, 0.717) is 6.04 Å². The van der Waals surface area contributed by atoms with Gasteiger partial charge in [0.05, 0.1) is 11.4 Å². The maximum Gasteiger partial charge on any atom is 0.112 e. The highest BCUT2D eigenvalue weighted by molar-refractivity contribution is 7.17. The van der Waals surface area contributed by atoms with Crippen LogP contribution >= 0.6 is 11.3 Å². The molecule has 0 aromatic carbocycles. The minimum atomic E-state index is 0.512. The van der Waals surface area contributed by atoms with Crippen molar-refractivity contribution < 1.29 is 0 Å². The number of anilines is 3. The summed E-state index contributed by atoms with van der Waals surface area (Å²) in [6, 6.07) is 0.512. The minimum Gasteiger partial charge on any atom is -0.395 e. The predicted octanol–water partition coefficient (Wildman–Crippen LogP) is 1.68. The summed E-state index contributed by atoms with van der Waals surface area (Å²) in [6.45, 7) is 5.45. The van der Waals surface area contributed by atoms with E-state index >= 15 is 0 Å². The molecule has 72 valence electrons. The fraction of sp³-hybridized carbons (Fsp3) is 0.556. The van der Waals surface area contributed by atoms with Crippen LogP contribution in [0.2, 0.25) is 0 Å². The summed E-state index contributed by atoms with van der Waals surface area (Å²) in [4.78, 5) is 3.68. The van der Waals surface area contributed by atoms with Crippen molar-refractivity contribution in [3.8, 4) is 0 Å². The van der Waals surface area contributed by atoms with E-state index < -0.39 is 0 Å². The van der Waals surface area contributed by atoms with Crippen LogP contribution in [0.1, 0.15) is 18.7 Å². The Labute approximate surface area is 82.3 Å². The third kappa shape index (κ3) is 1.16. The van der Waals surface area contributed by atoms with E-state index in [1.165, 1.54) is 10.6 Å². The second-order valence-corrected chi connectivity index (χ2v) is 4.83. The quantitative estimate of drug-likeness (QED) is 0.720. The summed E-state index contributed by atoms with van der Waals surface area (Å²) in [5.74, 6) is 0. The molecule has 3 nitrogen and oxygen atoms in total. The van der Waals surface area contributed by atoms with Gasteiger partial charge in [-0.1, -0.05) is 0 Å². The average molecular weight is 197 g/mol. The third-order valence-corrected chi connectivity index (χ3v) is 3.59. The molecule has 4 N–H and O–H groups in total. The van der Waals surface area contributed by atoms with Crippen LogP contribution in [0.25, 0.3) is 0 Å². The van der Waals surface area contributed by atoms with Gasteiger partial charge < -0.3 is 16.4 Å². The van der Waals surface area contributed by atoms with Gasteiger partial charge in [-0.25, -0.2) is 0 Å². The van der Waals surface area contributed by atoms with E-state index in [-0.39, 0.29) is 0 Å². The minimum absolute atomic E-state index is 0.512. The van der Waals surface area contributed by atoms with Crippen LogP contribution in [0.3, 0.4) is 0 Å². The van der Waals surface area contributed by atoms with Crippen molar-refractivity contribution in [2.45, 2.75) is 26.3 Å². The van der Waals surface area contributed by atoms with Crippen molar-refractivity contribution in [1.29, 1.82) is 0 Å². The highest BCUT2D eigenvalue weighted by Gasteiger charge is 2.27. The lowest BCUT2D eigenvalue weighted by Crippen LogP contribution is -2.28. The Balaban J connectivity index is 2.45. The van der Waals surface area contributed by atoms with Crippen molar-refractivity contribution in [2.75, 3.05) is 22.9 Å². The first-order chi connectivity index (χ1) is 6.11. The van der Waals surface area contributed by atoms with Crippen molar-refractivity contribution in [2.24, 2.45) is 0 Å². The molecule has 0 fully saturated rings. The fourth-order valence-electron chi connectivity index (χ4n) is 1.84. The van der Waals surface area contributed by atoms with Gasteiger partial charge >= 0.3 is 0 Å². The molecule has 0 radical (unpaired) electrons. The molecule has 0 saturated carbocycles. The van der Waals surface area contributed by atoms with Gasteiger partial charge in [-0.15, -0.1) is 11.3 Å². The second-order valence-electron chi connectivity index (χ2n) is 3.69. The molecule has 2 heterocycles. The van der Waals surface area contributed by atoms with Crippen LogP contribution in [0, 0.1) is 0 Å². The van der Waals surface area contributed by atoms with Crippen molar-refractivity contribution in [3.05, 3.63) is 4.88 Å². The molecule has 4 heteroatoms. The maximum absolute atomic E-state index is 5.93. The van der Waals surface area contributed by atoms with Gasteiger partial charge in [0.1, 0.15) is 5.00 Å². The van der Waals surface area contributed by atoms with Gasteiger partial charge in [0.15, 0.2) is 0 Å². The number of fused-ring (bicyclic) bond motifs is 1. The van der Waals surface area contributed by atoms with Gasteiger partial charge in [-0.3, -0.25) is 0 Å². The molecule has 0 atom stereocenters. The Morgan fingerprint density at radius 2 is 2.08 bits per heavy atom. The Bertz CT molecular complexity index is 330. The molecule has 0 spiro atoms. The van der Waals surface area contributed by atoms with E-state index in [1.54, 1.807) is 11.3 Å². The zero-order chi connectivity index (χ0) is 9.59. The lowest BCUT2D eigenvalue weighted by atomic mass is 10.3. The van der Waals surface area contributed by atoms with Crippen LogP contribution in [-0.4, -0.2) is 12.6 Å². The lowest BCUT2D eigenvalue weighted by Gasteiger charge is -2.23. The van der Waals surface area contributed by atoms with Crippen molar-refractivity contribution >= 4 is 27.7 Å². The van der Waals surface area contributed by atoms with Crippen LogP contribution < -0.4 is 16.4 Å². The number of hydrogen-bond acceptors (Lipinski definition) is 4. The van der Waals surface area contributed by atoms with Crippen LogP contribution in [-0.2, 0) is 6.42 Å². The molecule has 1 aromatic rings. The monoisotopic (exact) mass is 197 g/mol. The van der Waals surface area contributed by atoms with E-state index in [4.69, 9.17) is 11.5 Å². The average Bonchev–Trinajstić information content (AvgIpc) is 2.55. The smallest absolute Gasteiger partial charge is 0.112 e. The maximum atomic E-state index is 5.93. The summed E-state index contributed by atoms with van der Waals surface area (Å²) >= 11 is 1.64. The molecule has 1 aliphatic rings. The topological polar surface area (TPSA) is 55.3 Å². The number of thiophene rings is 1. The third-order valence-electron chi connectivity index (χ3n) is 2.51. The van der Waals surface area contributed by atoms with Crippen LogP contribution in [0.15, 0.2) is 0 Å². The van der Waals surface area contributed by atoms with Crippen LogP contribution in [0.5, 0.6) is 0 Å². The summed E-state index contributed by atoms with van der Waals surface area (Å²) < 4.78 is 0. The summed E-state index contributed by atoms with van der Waals surface area (Å²) in [5.41, 5.74) is 13.7. The van der Waals surface area contributed by atoms with Crippen LogP contribution in [0.4, 0.5) is 16.4 Å². The zero-order valence-electron chi connectivity index (χ0n) is 8.00. The molecule has 0 unspecified atom stereocenters. The van der Waals surface area contributed by atoms with Crippen molar-refractivity contribution in [3.63, 3.8) is 0 Å². The highest BCUT2D eigenvalue weighted by Crippen LogP contribution is 2.45. The fourth-order valence-corrected chi connectivity index (χ4v) is 2.83. The molecule has 0 amide bonds. The first-order valence-electron chi connectivity index (χ1n) is 4.54.